The Morgan fingerprint density at radius 2 is 2.02 bits per heavy atom. The number of rotatable bonds is 6. The second-order valence-corrected chi connectivity index (χ2v) is 14.3. The van der Waals surface area contributed by atoms with E-state index in [1.165, 1.54) is 24.0 Å². The van der Waals surface area contributed by atoms with Gasteiger partial charge in [-0.2, -0.15) is 5.10 Å². The van der Waals surface area contributed by atoms with Gasteiger partial charge in [0, 0.05) is 11.2 Å². The first-order chi connectivity index (χ1) is 21.1. The molecular formula is C33H36FN3O6S. The molecule has 7 rings (SSSR count). The molecule has 232 valence electrons. The highest BCUT2D eigenvalue weighted by Gasteiger charge is 2.70. The van der Waals surface area contributed by atoms with Crippen LogP contribution in [0.1, 0.15) is 67.7 Å². The Kier molecular flexibility index (Phi) is 7.13. The average Bonchev–Trinajstić information content (AvgIpc) is 3.73. The van der Waals surface area contributed by atoms with Crippen molar-refractivity contribution in [2.45, 2.75) is 64.1 Å². The normalized spacial score (nSPS) is 33.9. The molecule has 2 N–H and O–H groups in total. The molecule has 0 aliphatic heterocycles. The number of esters is 1. The van der Waals surface area contributed by atoms with Crippen LogP contribution in [0, 0.1) is 34.4 Å². The maximum Gasteiger partial charge on any atom is 0.361 e. The van der Waals surface area contributed by atoms with Crippen LogP contribution in [0.4, 0.5) is 4.39 Å². The van der Waals surface area contributed by atoms with E-state index >= 15 is 0 Å². The van der Waals surface area contributed by atoms with E-state index in [9.17, 15) is 24.2 Å². The van der Waals surface area contributed by atoms with Crippen LogP contribution in [-0.2, 0) is 16.0 Å². The lowest BCUT2D eigenvalue weighted by Gasteiger charge is -2.60. The van der Waals surface area contributed by atoms with Gasteiger partial charge in [-0.05, 0) is 97.6 Å². The molecule has 2 heterocycles. The standard InChI is InChI=1S/C33H36FN3O6S/c1-31-14-19-16-36-37(22-6-4-21(34)5-7-22)26(19)13-20(31)3-8-23-24-9-10-33(30(41)44-12-11-38,32(24,2)15-27(39)28(23)31)43-29(40)25-17-42-18-35-25/h4-7,13,16-18,23-24,27-28,38-39H,3,8-12,14-15H2,1-2H3/t23-,24-,27-,28+,31-,32-,33-/m0/s1. The van der Waals surface area contributed by atoms with E-state index in [1.807, 2.05) is 17.8 Å². The van der Waals surface area contributed by atoms with Gasteiger partial charge in [0.05, 0.1) is 30.3 Å². The molecule has 3 saturated carbocycles. The fourth-order valence-corrected chi connectivity index (χ4v) is 10.2. The minimum Gasteiger partial charge on any atom is -0.451 e. The molecule has 0 spiro atoms. The highest BCUT2D eigenvalue weighted by atomic mass is 32.2. The number of ether oxygens (including phenoxy) is 1. The van der Waals surface area contributed by atoms with Crippen LogP contribution in [-0.4, -0.2) is 60.1 Å². The fourth-order valence-electron chi connectivity index (χ4n) is 9.28. The summed E-state index contributed by atoms with van der Waals surface area (Å²) in [7, 11) is 0. The quantitative estimate of drug-likeness (QED) is 0.366. The van der Waals surface area contributed by atoms with Crippen LogP contribution in [0.3, 0.4) is 0 Å². The molecule has 0 unspecified atom stereocenters. The number of thioether (sulfide) groups is 1. The van der Waals surface area contributed by atoms with Gasteiger partial charge in [0.2, 0.25) is 5.12 Å². The fraction of sp³-hybridized carbons (Fsp3) is 0.515. The molecule has 0 bridgehead atoms. The monoisotopic (exact) mass is 621 g/mol. The summed E-state index contributed by atoms with van der Waals surface area (Å²) in [5.41, 5.74) is 1.54. The number of allylic oxidation sites excluding steroid dienone is 1. The van der Waals surface area contributed by atoms with Crippen molar-refractivity contribution < 1.29 is 33.3 Å². The third kappa shape index (κ3) is 4.26. The number of halogens is 1. The van der Waals surface area contributed by atoms with Crippen molar-refractivity contribution in [2.24, 2.45) is 28.6 Å². The van der Waals surface area contributed by atoms with Gasteiger partial charge in [0.1, 0.15) is 12.1 Å². The van der Waals surface area contributed by atoms with Crippen molar-refractivity contribution >= 4 is 28.9 Å². The summed E-state index contributed by atoms with van der Waals surface area (Å²) < 4.78 is 26.6. The zero-order valence-corrected chi connectivity index (χ0v) is 25.6. The van der Waals surface area contributed by atoms with E-state index in [0.717, 1.165) is 47.9 Å². The molecule has 44 heavy (non-hydrogen) atoms. The van der Waals surface area contributed by atoms with E-state index < -0.39 is 23.1 Å². The van der Waals surface area contributed by atoms with E-state index in [-0.39, 0.29) is 52.2 Å². The Labute approximate surface area is 258 Å². The van der Waals surface area contributed by atoms with E-state index in [2.05, 4.69) is 23.1 Å². The van der Waals surface area contributed by atoms with E-state index in [4.69, 9.17) is 9.15 Å². The maximum atomic E-state index is 13.9. The smallest absolute Gasteiger partial charge is 0.361 e. The van der Waals surface area contributed by atoms with Gasteiger partial charge in [0.15, 0.2) is 17.7 Å². The predicted molar refractivity (Wildman–Crippen MR) is 160 cm³/mol. The molecule has 2 aromatic heterocycles. The topological polar surface area (TPSA) is 128 Å². The zero-order chi connectivity index (χ0) is 30.9. The summed E-state index contributed by atoms with van der Waals surface area (Å²) in [6.45, 7) is 4.07. The van der Waals surface area contributed by atoms with Crippen LogP contribution in [0.5, 0.6) is 0 Å². The molecule has 1 aromatic carbocycles. The van der Waals surface area contributed by atoms with E-state index in [1.54, 1.807) is 12.1 Å². The van der Waals surface area contributed by atoms with Gasteiger partial charge in [-0.25, -0.2) is 18.9 Å². The third-order valence-corrected chi connectivity index (χ3v) is 12.2. The minimum absolute atomic E-state index is 0.00947. The first kappa shape index (κ1) is 29.4. The van der Waals surface area contributed by atoms with Gasteiger partial charge in [0.25, 0.3) is 0 Å². The largest absolute Gasteiger partial charge is 0.451 e. The zero-order valence-electron chi connectivity index (χ0n) is 24.7. The SMILES string of the molecule is C[C@]12Cc3cnn(-c4ccc(F)cc4)c3C=C1CC[C@@H]1[C@@H]2[C@@H](O)C[C@@]2(C)[C@H]1CC[C@]2(OC(=O)c1cocn1)C(=O)SCCO. The van der Waals surface area contributed by atoms with Crippen molar-refractivity contribution in [3.63, 3.8) is 0 Å². The molecule has 9 nitrogen and oxygen atoms in total. The molecule has 3 aromatic rings. The maximum absolute atomic E-state index is 13.9. The van der Waals surface area contributed by atoms with Crippen molar-refractivity contribution in [1.82, 2.24) is 14.8 Å². The molecule has 4 aliphatic rings. The number of aliphatic hydroxyl groups excluding tert-OH is 2. The first-order valence-corrected chi connectivity index (χ1v) is 16.2. The summed E-state index contributed by atoms with van der Waals surface area (Å²) in [4.78, 5) is 31.1. The number of hydrogen-bond acceptors (Lipinski definition) is 9. The third-order valence-electron chi connectivity index (χ3n) is 11.2. The van der Waals surface area contributed by atoms with Crippen molar-refractivity contribution in [3.8, 4) is 5.69 Å². The van der Waals surface area contributed by atoms with E-state index in [0.29, 0.717) is 25.7 Å². The number of hydrogen-bond donors (Lipinski definition) is 2. The molecule has 7 atom stereocenters. The van der Waals surface area contributed by atoms with Gasteiger partial charge in [-0.3, -0.25) is 4.79 Å². The average molecular weight is 622 g/mol. The van der Waals surface area contributed by atoms with Gasteiger partial charge >= 0.3 is 5.97 Å². The summed E-state index contributed by atoms with van der Waals surface area (Å²) in [5, 5.41) is 25.9. The second-order valence-electron chi connectivity index (χ2n) is 13.2. The van der Waals surface area contributed by atoms with Crippen LogP contribution in [0.25, 0.3) is 11.8 Å². The van der Waals surface area contributed by atoms with Crippen molar-refractivity contribution in [3.05, 3.63) is 71.5 Å². The number of carbonyl (C=O) groups excluding carboxylic acids is 2. The Bertz CT molecular complexity index is 1620. The Hall–Kier alpha value is -3.28. The molecule has 3 fully saturated rings. The number of oxazole rings is 1. The van der Waals surface area contributed by atoms with Gasteiger partial charge < -0.3 is 19.4 Å². The number of benzene rings is 1. The Balaban J connectivity index is 1.22. The summed E-state index contributed by atoms with van der Waals surface area (Å²) in [6, 6.07) is 6.31. The molecule has 0 amide bonds. The lowest BCUT2D eigenvalue weighted by molar-refractivity contribution is -0.174. The van der Waals surface area contributed by atoms with Crippen LogP contribution in [0.2, 0.25) is 0 Å². The van der Waals surface area contributed by atoms with Gasteiger partial charge in [-0.15, -0.1) is 0 Å². The Morgan fingerprint density at radius 3 is 2.75 bits per heavy atom. The first-order valence-electron chi connectivity index (χ1n) is 15.2. The number of aliphatic hydroxyl groups is 2. The minimum atomic E-state index is -1.47. The lowest BCUT2D eigenvalue weighted by Crippen LogP contribution is -2.62. The highest BCUT2D eigenvalue weighted by Crippen LogP contribution is 2.69. The summed E-state index contributed by atoms with van der Waals surface area (Å²) in [5.74, 6) is -0.726. The van der Waals surface area contributed by atoms with Crippen molar-refractivity contribution in [1.29, 1.82) is 0 Å². The Morgan fingerprint density at radius 1 is 1.23 bits per heavy atom. The number of nitrogens with zero attached hydrogens (tertiary/aromatic N) is 3. The molecule has 0 radical (unpaired) electrons. The van der Waals surface area contributed by atoms with Crippen LogP contribution >= 0.6 is 11.8 Å². The number of carbonyl (C=O) groups is 2. The highest BCUT2D eigenvalue weighted by molar-refractivity contribution is 8.13. The number of aromatic nitrogens is 3. The molecule has 0 saturated heterocycles. The molecular weight excluding hydrogens is 585 g/mol. The van der Waals surface area contributed by atoms with Crippen LogP contribution < -0.4 is 0 Å². The van der Waals surface area contributed by atoms with Gasteiger partial charge in [-0.1, -0.05) is 31.2 Å². The predicted octanol–water partition coefficient (Wildman–Crippen LogP) is 5.00. The number of fused-ring (bicyclic) bond motifs is 6. The summed E-state index contributed by atoms with van der Waals surface area (Å²) >= 11 is 0.977. The summed E-state index contributed by atoms with van der Waals surface area (Å²) in [6.07, 6.45) is 9.43. The second kappa shape index (κ2) is 10.7. The molecule has 4 aliphatic carbocycles. The van der Waals surface area contributed by atoms with Crippen LogP contribution in [0.15, 0.2) is 53.1 Å². The molecule has 11 heteroatoms. The lowest BCUT2D eigenvalue weighted by atomic mass is 9.45. The van der Waals surface area contributed by atoms with Crippen molar-refractivity contribution in [2.75, 3.05) is 12.4 Å².